The first-order valence-electron chi connectivity index (χ1n) is 6.55. The number of ether oxygens (including phenoxy) is 1. The maximum atomic E-state index is 11.7. The molecule has 0 fully saturated rings. The van der Waals surface area contributed by atoms with Crippen LogP contribution in [-0.2, 0) is 9.53 Å². The van der Waals surface area contributed by atoms with Gasteiger partial charge in [-0.3, -0.25) is 14.9 Å². The van der Waals surface area contributed by atoms with Crippen LogP contribution in [0.5, 0.6) is 0 Å². The number of rotatable bonds is 8. The molecule has 1 aromatic rings. The third-order valence-corrected chi connectivity index (χ3v) is 3.14. The molecule has 20 heavy (non-hydrogen) atoms. The SMILES string of the molecule is CCCCOC(=O)CC(C[N+](=O)[O-])c1ccc(Cl)cc1. The fourth-order valence-corrected chi connectivity index (χ4v) is 1.92. The molecule has 0 saturated heterocycles. The van der Waals surface area contributed by atoms with Crippen LogP contribution in [-0.4, -0.2) is 24.0 Å². The summed E-state index contributed by atoms with van der Waals surface area (Å²) in [6, 6.07) is 6.73. The summed E-state index contributed by atoms with van der Waals surface area (Å²) in [5, 5.41) is 11.3. The molecule has 0 spiro atoms. The summed E-state index contributed by atoms with van der Waals surface area (Å²) in [7, 11) is 0. The lowest BCUT2D eigenvalue weighted by molar-refractivity contribution is -0.483. The lowest BCUT2D eigenvalue weighted by Crippen LogP contribution is -2.18. The zero-order chi connectivity index (χ0) is 15.0. The summed E-state index contributed by atoms with van der Waals surface area (Å²) >= 11 is 5.79. The van der Waals surface area contributed by atoms with Crippen LogP contribution < -0.4 is 0 Å². The van der Waals surface area contributed by atoms with Crippen molar-refractivity contribution in [1.29, 1.82) is 0 Å². The largest absolute Gasteiger partial charge is 0.466 e. The average molecular weight is 300 g/mol. The van der Waals surface area contributed by atoms with E-state index in [-0.39, 0.29) is 13.0 Å². The summed E-state index contributed by atoms with van der Waals surface area (Å²) in [5.41, 5.74) is 0.721. The minimum atomic E-state index is -0.489. The second kappa shape index (κ2) is 8.53. The van der Waals surface area contributed by atoms with Gasteiger partial charge >= 0.3 is 5.97 Å². The van der Waals surface area contributed by atoms with Crippen molar-refractivity contribution >= 4 is 17.6 Å². The normalized spacial score (nSPS) is 11.9. The average Bonchev–Trinajstić information content (AvgIpc) is 2.38. The fraction of sp³-hybridized carbons (Fsp3) is 0.500. The highest BCUT2D eigenvalue weighted by atomic mass is 35.5. The number of carbonyl (C=O) groups is 1. The van der Waals surface area contributed by atoms with Gasteiger partial charge in [0.05, 0.1) is 18.9 Å². The van der Waals surface area contributed by atoms with Crippen LogP contribution in [0.3, 0.4) is 0 Å². The summed E-state index contributed by atoms with van der Waals surface area (Å²) in [5.74, 6) is -0.892. The molecule has 5 nitrogen and oxygen atoms in total. The number of hydrogen-bond donors (Lipinski definition) is 0. The lowest BCUT2D eigenvalue weighted by Gasteiger charge is -2.13. The minimum Gasteiger partial charge on any atom is -0.466 e. The predicted octanol–water partition coefficient (Wildman–Crippen LogP) is 3.43. The molecule has 0 amide bonds. The van der Waals surface area contributed by atoms with Crippen molar-refractivity contribution in [1.82, 2.24) is 0 Å². The Hall–Kier alpha value is -1.62. The molecular formula is C14H18ClNO4. The molecule has 1 rings (SSSR count). The van der Waals surface area contributed by atoms with E-state index in [4.69, 9.17) is 16.3 Å². The van der Waals surface area contributed by atoms with Gasteiger partial charge < -0.3 is 4.74 Å². The molecule has 110 valence electrons. The number of esters is 1. The van der Waals surface area contributed by atoms with Crippen LogP contribution in [0, 0.1) is 10.1 Å². The molecule has 1 atom stereocenters. The molecule has 0 bridgehead atoms. The van der Waals surface area contributed by atoms with Gasteiger partial charge in [-0.25, -0.2) is 0 Å². The molecule has 1 aromatic carbocycles. The van der Waals surface area contributed by atoms with Crippen LogP contribution in [0.25, 0.3) is 0 Å². The second-order valence-electron chi connectivity index (χ2n) is 4.54. The number of halogens is 1. The summed E-state index contributed by atoms with van der Waals surface area (Å²) < 4.78 is 5.05. The second-order valence-corrected chi connectivity index (χ2v) is 4.98. The Morgan fingerprint density at radius 2 is 2.05 bits per heavy atom. The smallest absolute Gasteiger partial charge is 0.306 e. The predicted molar refractivity (Wildman–Crippen MR) is 76.5 cm³/mol. The molecule has 0 aliphatic carbocycles. The third-order valence-electron chi connectivity index (χ3n) is 2.88. The maximum Gasteiger partial charge on any atom is 0.306 e. The number of hydrogen-bond acceptors (Lipinski definition) is 4. The highest BCUT2D eigenvalue weighted by Gasteiger charge is 2.22. The molecule has 0 N–H and O–H groups in total. The van der Waals surface area contributed by atoms with E-state index in [0.29, 0.717) is 11.6 Å². The molecule has 0 aromatic heterocycles. The van der Waals surface area contributed by atoms with Crippen LogP contribution in [0.2, 0.25) is 5.02 Å². The van der Waals surface area contributed by atoms with Gasteiger partial charge in [-0.15, -0.1) is 0 Å². The van der Waals surface area contributed by atoms with Crippen molar-refractivity contribution < 1.29 is 14.5 Å². The van der Waals surface area contributed by atoms with E-state index in [1.807, 2.05) is 6.92 Å². The Balaban J connectivity index is 2.67. The van der Waals surface area contributed by atoms with Crippen molar-refractivity contribution in [2.45, 2.75) is 32.1 Å². The summed E-state index contributed by atoms with van der Waals surface area (Å²) in [6.45, 7) is 2.06. The highest BCUT2D eigenvalue weighted by Crippen LogP contribution is 2.22. The van der Waals surface area contributed by atoms with Gasteiger partial charge in [0, 0.05) is 9.95 Å². The van der Waals surface area contributed by atoms with Crippen LogP contribution in [0.15, 0.2) is 24.3 Å². The quantitative estimate of drug-likeness (QED) is 0.319. The number of nitrogens with zero attached hydrogens (tertiary/aromatic N) is 1. The van der Waals surface area contributed by atoms with Gasteiger partial charge in [0.25, 0.3) is 0 Å². The first-order valence-corrected chi connectivity index (χ1v) is 6.93. The monoisotopic (exact) mass is 299 g/mol. The fourth-order valence-electron chi connectivity index (χ4n) is 1.79. The van der Waals surface area contributed by atoms with Crippen LogP contribution in [0.1, 0.15) is 37.7 Å². The molecule has 0 saturated carbocycles. The molecular weight excluding hydrogens is 282 g/mol. The number of carbonyl (C=O) groups excluding carboxylic acids is 1. The molecule has 0 aliphatic heterocycles. The van der Waals surface area contributed by atoms with Gasteiger partial charge in [-0.2, -0.15) is 0 Å². The lowest BCUT2D eigenvalue weighted by atomic mass is 9.96. The topological polar surface area (TPSA) is 69.4 Å². The van der Waals surface area contributed by atoms with Crippen molar-refractivity contribution in [2.75, 3.05) is 13.2 Å². The molecule has 0 radical (unpaired) electrons. The van der Waals surface area contributed by atoms with Gasteiger partial charge in [-0.05, 0) is 24.1 Å². The van der Waals surface area contributed by atoms with Gasteiger partial charge in [-0.1, -0.05) is 37.1 Å². The Morgan fingerprint density at radius 3 is 2.60 bits per heavy atom. The summed E-state index contributed by atoms with van der Waals surface area (Å²) in [4.78, 5) is 22.0. The van der Waals surface area contributed by atoms with Gasteiger partial charge in [0.2, 0.25) is 6.54 Å². The van der Waals surface area contributed by atoms with E-state index in [2.05, 4.69) is 0 Å². The van der Waals surface area contributed by atoms with Crippen molar-refractivity contribution in [3.8, 4) is 0 Å². The van der Waals surface area contributed by atoms with E-state index < -0.39 is 16.8 Å². The standard InChI is InChI=1S/C14H18ClNO4/c1-2-3-8-20-14(17)9-12(10-16(18)19)11-4-6-13(15)7-5-11/h4-7,12H,2-3,8-10H2,1H3. The van der Waals surface area contributed by atoms with Crippen LogP contribution in [0.4, 0.5) is 0 Å². The van der Waals surface area contributed by atoms with E-state index >= 15 is 0 Å². The highest BCUT2D eigenvalue weighted by molar-refractivity contribution is 6.30. The van der Waals surface area contributed by atoms with Crippen molar-refractivity contribution in [3.05, 3.63) is 45.0 Å². The Labute approximate surface area is 123 Å². The molecule has 0 aliphatic rings. The van der Waals surface area contributed by atoms with Crippen LogP contribution >= 0.6 is 11.6 Å². The molecule has 1 unspecified atom stereocenters. The first kappa shape index (κ1) is 16.4. The minimum absolute atomic E-state index is 0.00628. The molecule has 0 heterocycles. The Bertz CT molecular complexity index is 447. The Kier molecular flexibility index (Phi) is 7.01. The summed E-state index contributed by atoms with van der Waals surface area (Å²) in [6.07, 6.45) is 1.74. The number of nitro groups is 1. The zero-order valence-corrected chi connectivity index (χ0v) is 12.1. The Morgan fingerprint density at radius 1 is 1.40 bits per heavy atom. The van der Waals surface area contributed by atoms with E-state index in [1.165, 1.54) is 0 Å². The number of unbranched alkanes of at least 4 members (excludes halogenated alkanes) is 1. The zero-order valence-electron chi connectivity index (χ0n) is 11.4. The first-order chi connectivity index (χ1) is 9.52. The van der Waals surface area contributed by atoms with E-state index in [9.17, 15) is 14.9 Å². The maximum absolute atomic E-state index is 11.7. The van der Waals surface area contributed by atoms with Gasteiger partial charge in [0.15, 0.2) is 0 Å². The molecule has 6 heteroatoms. The third kappa shape index (κ3) is 6.02. The van der Waals surface area contributed by atoms with Crippen molar-refractivity contribution in [2.24, 2.45) is 0 Å². The van der Waals surface area contributed by atoms with E-state index in [0.717, 1.165) is 18.4 Å². The number of benzene rings is 1. The van der Waals surface area contributed by atoms with Crippen molar-refractivity contribution in [3.63, 3.8) is 0 Å². The van der Waals surface area contributed by atoms with E-state index in [1.54, 1.807) is 24.3 Å². The van der Waals surface area contributed by atoms with Gasteiger partial charge in [0.1, 0.15) is 0 Å².